The van der Waals surface area contributed by atoms with Crippen molar-refractivity contribution >= 4 is 46.1 Å². The molecule has 2 heterocycles. The molecule has 1 aromatic heterocycles. The van der Waals surface area contributed by atoms with E-state index >= 15 is 0 Å². The highest BCUT2D eigenvalue weighted by molar-refractivity contribution is 7.12. The van der Waals surface area contributed by atoms with Crippen LogP contribution in [0.5, 0.6) is 11.5 Å². The minimum absolute atomic E-state index is 0.00910. The Hall–Kier alpha value is -3.03. The van der Waals surface area contributed by atoms with E-state index in [4.69, 9.17) is 21.1 Å². The molecule has 6 nitrogen and oxygen atoms in total. The Labute approximate surface area is 189 Å². The zero-order valence-electron chi connectivity index (χ0n) is 16.7. The molecule has 0 fully saturated rings. The number of nitrogens with zero attached hydrogens (tertiary/aromatic N) is 1. The Morgan fingerprint density at radius 2 is 2.00 bits per heavy atom. The Morgan fingerprint density at radius 1 is 1.16 bits per heavy atom. The van der Waals surface area contributed by atoms with E-state index in [0.717, 1.165) is 18.6 Å². The molecule has 0 spiro atoms. The fourth-order valence-electron chi connectivity index (χ4n) is 3.22. The fraction of sp³-hybridized carbons (Fsp3) is 0.217. The standard InChI is InChI=1S/C23H21ClN2O4S/c24-16-5-8-18(9-6-16)29-12-2-1-11-26-19-14-17(7-10-20(19)30-15-22(26)27)25-23(28)21-4-3-13-31-21/h3-10,13-14H,1-2,11-12,15H2,(H,25,28). The summed E-state index contributed by atoms with van der Waals surface area (Å²) in [5.41, 5.74) is 1.28. The molecule has 31 heavy (non-hydrogen) atoms. The van der Waals surface area contributed by atoms with Crippen molar-refractivity contribution in [3.63, 3.8) is 0 Å². The SMILES string of the molecule is O=C(Nc1ccc2c(c1)N(CCCCOc1ccc(Cl)cc1)C(=O)CO2)c1cccs1. The smallest absolute Gasteiger partial charge is 0.265 e. The van der Waals surface area contributed by atoms with Crippen molar-refractivity contribution < 1.29 is 19.1 Å². The lowest BCUT2D eigenvalue weighted by atomic mass is 10.2. The van der Waals surface area contributed by atoms with E-state index in [0.29, 0.717) is 40.2 Å². The van der Waals surface area contributed by atoms with Crippen molar-refractivity contribution in [2.75, 3.05) is 30.0 Å². The Morgan fingerprint density at radius 3 is 2.77 bits per heavy atom. The van der Waals surface area contributed by atoms with Gasteiger partial charge in [-0.1, -0.05) is 17.7 Å². The maximum Gasteiger partial charge on any atom is 0.265 e. The maximum absolute atomic E-state index is 12.5. The number of halogens is 1. The number of carbonyl (C=O) groups is 2. The molecular weight excluding hydrogens is 436 g/mol. The first-order chi connectivity index (χ1) is 15.1. The number of unbranched alkanes of at least 4 members (excludes halogenated alkanes) is 1. The van der Waals surface area contributed by atoms with Gasteiger partial charge in [0.25, 0.3) is 11.8 Å². The van der Waals surface area contributed by atoms with Crippen molar-refractivity contribution in [3.8, 4) is 11.5 Å². The number of benzene rings is 2. The molecular formula is C23H21ClN2O4S. The molecule has 0 bridgehead atoms. The highest BCUT2D eigenvalue weighted by atomic mass is 35.5. The molecule has 0 saturated heterocycles. The van der Waals surface area contributed by atoms with E-state index in [1.54, 1.807) is 41.3 Å². The van der Waals surface area contributed by atoms with Gasteiger partial charge in [0.2, 0.25) is 0 Å². The number of carbonyl (C=O) groups excluding carboxylic acids is 2. The van der Waals surface area contributed by atoms with E-state index in [9.17, 15) is 9.59 Å². The van der Waals surface area contributed by atoms with Crippen LogP contribution in [0.1, 0.15) is 22.5 Å². The van der Waals surface area contributed by atoms with Crippen molar-refractivity contribution in [2.24, 2.45) is 0 Å². The number of hydrogen-bond acceptors (Lipinski definition) is 5. The molecule has 3 aromatic rings. The highest BCUT2D eigenvalue weighted by Crippen LogP contribution is 2.35. The first-order valence-corrected chi connectivity index (χ1v) is 11.2. The number of hydrogen-bond donors (Lipinski definition) is 1. The topological polar surface area (TPSA) is 67.9 Å². The van der Waals surface area contributed by atoms with Crippen LogP contribution in [0.2, 0.25) is 5.02 Å². The summed E-state index contributed by atoms with van der Waals surface area (Å²) >= 11 is 7.25. The second-order valence-electron chi connectivity index (χ2n) is 6.96. The number of rotatable bonds is 8. The predicted molar refractivity (Wildman–Crippen MR) is 123 cm³/mol. The van der Waals surface area contributed by atoms with E-state index in [2.05, 4.69) is 5.32 Å². The normalized spacial score (nSPS) is 12.8. The molecule has 0 aliphatic carbocycles. The van der Waals surface area contributed by atoms with E-state index < -0.39 is 0 Å². The van der Waals surface area contributed by atoms with Gasteiger partial charge in [0.15, 0.2) is 6.61 Å². The molecule has 1 aliphatic heterocycles. The molecule has 0 saturated carbocycles. The van der Waals surface area contributed by atoms with Gasteiger partial charge in [-0.15, -0.1) is 11.3 Å². The summed E-state index contributed by atoms with van der Waals surface area (Å²) in [4.78, 5) is 27.1. The minimum Gasteiger partial charge on any atom is -0.494 e. The van der Waals surface area contributed by atoms with Gasteiger partial charge in [-0.05, 0) is 66.8 Å². The Bertz CT molecular complexity index is 1050. The molecule has 8 heteroatoms. The molecule has 0 unspecified atom stereocenters. The second-order valence-corrected chi connectivity index (χ2v) is 8.34. The van der Waals surface area contributed by atoms with Crippen LogP contribution >= 0.6 is 22.9 Å². The summed E-state index contributed by atoms with van der Waals surface area (Å²) in [5, 5.41) is 5.40. The van der Waals surface area contributed by atoms with Gasteiger partial charge in [0.05, 0.1) is 17.2 Å². The van der Waals surface area contributed by atoms with E-state index in [-0.39, 0.29) is 18.4 Å². The van der Waals surface area contributed by atoms with Crippen LogP contribution in [0.15, 0.2) is 60.0 Å². The van der Waals surface area contributed by atoms with Crippen molar-refractivity contribution in [2.45, 2.75) is 12.8 Å². The molecule has 1 N–H and O–H groups in total. The molecule has 160 valence electrons. The highest BCUT2D eigenvalue weighted by Gasteiger charge is 2.25. The van der Waals surface area contributed by atoms with Gasteiger partial charge in [-0.3, -0.25) is 9.59 Å². The summed E-state index contributed by atoms with van der Waals surface area (Å²) in [6.45, 7) is 1.10. The predicted octanol–water partition coefficient (Wildman–Crippen LogP) is 5.24. The maximum atomic E-state index is 12.5. The van der Waals surface area contributed by atoms with Crippen LogP contribution in [0.3, 0.4) is 0 Å². The molecule has 4 rings (SSSR count). The largest absolute Gasteiger partial charge is 0.494 e. The van der Waals surface area contributed by atoms with Crippen LogP contribution in [0, 0.1) is 0 Å². The van der Waals surface area contributed by atoms with Gasteiger partial charge in [0.1, 0.15) is 11.5 Å². The first-order valence-electron chi connectivity index (χ1n) is 9.90. The third kappa shape index (κ3) is 5.37. The van der Waals surface area contributed by atoms with Crippen molar-refractivity contribution in [1.29, 1.82) is 0 Å². The average molecular weight is 457 g/mol. The summed E-state index contributed by atoms with van der Waals surface area (Å²) in [7, 11) is 0. The average Bonchev–Trinajstić information content (AvgIpc) is 3.31. The van der Waals surface area contributed by atoms with E-state index in [1.807, 2.05) is 23.6 Å². The van der Waals surface area contributed by atoms with Gasteiger partial charge in [-0.25, -0.2) is 0 Å². The minimum atomic E-state index is -0.177. The van der Waals surface area contributed by atoms with Gasteiger partial charge in [-0.2, -0.15) is 0 Å². The van der Waals surface area contributed by atoms with E-state index in [1.165, 1.54) is 11.3 Å². The zero-order valence-corrected chi connectivity index (χ0v) is 18.2. The lowest BCUT2D eigenvalue weighted by Crippen LogP contribution is -2.39. The zero-order chi connectivity index (χ0) is 21.6. The van der Waals surface area contributed by atoms with Crippen molar-refractivity contribution in [1.82, 2.24) is 0 Å². The van der Waals surface area contributed by atoms with Crippen LogP contribution in [-0.2, 0) is 4.79 Å². The van der Waals surface area contributed by atoms with Crippen LogP contribution < -0.4 is 19.7 Å². The van der Waals surface area contributed by atoms with Crippen molar-refractivity contribution in [3.05, 3.63) is 69.9 Å². The molecule has 0 radical (unpaired) electrons. The van der Waals surface area contributed by atoms with Gasteiger partial charge < -0.3 is 19.7 Å². The lowest BCUT2D eigenvalue weighted by molar-refractivity contribution is -0.121. The Kier molecular flexibility index (Phi) is 6.74. The second kappa shape index (κ2) is 9.85. The number of thiophene rings is 1. The Balaban J connectivity index is 1.35. The molecule has 1 aliphatic rings. The first kappa shape index (κ1) is 21.2. The van der Waals surface area contributed by atoms with Gasteiger partial charge >= 0.3 is 0 Å². The molecule has 2 aromatic carbocycles. The van der Waals surface area contributed by atoms with Gasteiger partial charge in [0, 0.05) is 17.3 Å². The number of anilines is 2. The molecule has 0 atom stereocenters. The summed E-state index contributed by atoms with van der Waals surface area (Å²) in [6.07, 6.45) is 1.56. The third-order valence-corrected chi connectivity index (χ3v) is 5.88. The van der Waals surface area contributed by atoms with Crippen LogP contribution in [-0.4, -0.2) is 31.6 Å². The lowest BCUT2D eigenvalue weighted by Gasteiger charge is -2.30. The van der Waals surface area contributed by atoms with Crippen LogP contribution in [0.25, 0.3) is 0 Å². The fourth-order valence-corrected chi connectivity index (χ4v) is 3.96. The number of nitrogens with one attached hydrogen (secondary N) is 1. The summed E-state index contributed by atoms with van der Waals surface area (Å²) in [5.74, 6) is 1.12. The third-order valence-electron chi connectivity index (χ3n) is 4.76. The monoisotopic (exact) mass is 456 g/mol. The summed E-state index contributed by atoms with van der Waals surface area (Å²) in [6, 6.07) is 16.2. The quantitative estimate of drug-likeness (QED) is 0.471. The van der Waals surface area contributed by atoms with Crippen LogP contribution in [0.4, 0.5) is 11.4 Å². The number of fused-ring (bicyclic) bond motifs is 1. The number of amides is 2. The summed E-state index contributed by atoms with van der Waals surface area (Å²) < 4.78 is 11.3. The number of ether oxygens (including phenoxy) is 2. The molecule has 2 amide bonds.